The summed E-state index contributed by atoms with van der Waals surface area (Å²) in [4.78, 5) is 29.9. The summed E-state index contributed by atoms with van der Waals surface area (Å²) in [6, 6.07) is 13.1. The van der Waals surface area contributed by atoms with Gasteiger partial charge in [0.2, 0.25) is 0 Å². The zero-order chi connectivity index (χ0) is 23.7. The highest BCUT2D eigenvalue weighted by Crippen LogP contribution is 2.30. The molecule has 2 aromatic heterocycles. The second-order valence-electron chi connectivity index (χ2n) is 9.58. The Kier molecular flexibility index (Phi) is 6.06. The van der Waals surface area contributed by atoms with Gasteiger partial charge < -0.3 is 9.80 Å². The summed E-state index contributed by atoms with van der Waals surface area (Å²) in [6.07, 6.45) is 7.48. The lowest BCUT2D eigenvalue weighted by Gasteiger charge is -2.32. The smallest absolute Gasteiger partial charge is 0.257 e. The number of piperidine rings is 2. The van der Waals surface area contributed by atoms with Gasteiger partial charge in [-0.25, -0.2) is 4.52 Å². The average Bonchev–Trinajstić information content (AvgIpc) is 3.32. The lowest BCUT2D eigenvalue weighted by atomic mass is 9.89. The van der Waals surface area contributed by atoms with Crippen LogP contribution in [0.15, 0.2) is 48.8 Å². The number of benzene rings is 1. The standard InChI is InChI=1S/C27H29N5O2/c1-19-6-11-31(12-7-19)27(34)24-18-29-32-15-10-23(16-25(24)32)21-8-13-30(14-9-21)26(33)22-4-2-20(17-28)3-5-22/h2-5,10,15-16,18-19,21H,6-9,11-14H2,1H3. The summed E-state index contributed by atoms with van der Waals surface area (Å²) in [5.41, 5.74) is 3.90. The molecule has 0 unspecified atom stereocenters. The first-order valence-electron chi connectivity index (χ1n) is 12.1. The number of fused-ring (bicyclic) bond motifs is 1. The molecule has 3 aromatic rings. The van der Waals surface area contributed by atoms with Crippen LogP contribution >= 0.6 is 0 Å². The molecule has 0 spiro atoms. The molecular weight excluding hydrogens is 426 g/mol. The van der Waals surface area contributed by atoms with Crippen molar-refractivity contribution in [3.63, 3.8) is 0 Å². The van der Waals surface area contributed by atoms with Crippen molar-refractivity contribution in [3.05, 3.63) is 71.0 Å². The fraction of sp³-hybridized carbons (Fsp3) is 0.407. The van der Waals surface area contributed by atoms with Crippen LogP contribution in [0.2, 0.25) is 0 Å². The Morgan fingerprint density at radius 1 is 0.941 bits per heavy atom. The molecule has 7 nitrogen and oxygen atoms in total. The van der Waals surface area contributed by atoms with Gasteiger partial charge in [0, 0.05) is 37.9 Å². The number of nitrogens with zero attached hydrogens (tertiary/aromatic N) is 5. The van der Waals surface area contributed by atoms with Gasteiger partial charge in [0.1, 0.15) is 0 Å². The molecule has 0 radical (unpaired) electrons. The molecule has 0 saturated carbocycles. The fourth-order valence-electron chi connectivity index (χ4n) is 5.08. The van der Waals surface area contributed by atoms with Gasteiger partial charge in [-0.3, -0.25) is 9.59 Å². The van der Waals surface area contributed by atoms with E-state index in [-0.39, 0.29) is 11.8 Å². The van der Waals surface area contributed by atoms with Crippen LogP contribution in [-0.4, -0.2) is 57.4 Å². The van der Waals surface area contributed by atoms with E-state index in [9.17, 15) is 9.59 Å². The van der Waals surface area contributed by atoms with E-state index >= 15 is 0 Å². The molecule has 34 heavy (non-hydrogen) atoms. The minimum Gasteiger partial charge on any atom is -0.339 e. The summed E-state index contributed by atoms with van der Waals surface area (Å²) in [7, 11) is 0. The maximum atomic E-state index is 13.2. The van der Waals surface area contributed by atoms with Crippen LogP contribution in [0.5, 0.6) is 0 Å². The zero-order valence-electron chi connectivity index (χ0n) is 19.5. The number of rotatable bonds is 3. The molecular formula is C27H29N5O2. The van der Waals surface area contributed by atoms with Crippen molar-refractivity contribution in [1.29, 1.82) is 5.26 Å². The monoisotopic (exact) mass is 455 g/mol. The zero-order valence-corrected chi connectivity index (χ0v) is 19.5. The van der Waals surface area contributed by atoms with Crippen molar-refractivity contribution in [3.8, 4) is 6.07 Å². The third-order valence-corrected chi connectivity index (χ3v) is 7.36. The Hall–Kier alpha value is -3.66. The molecule has 2 fully saturated rings. The first-order chi connectivity index (χ1) is 16.5. The van der Waals surface area contributed by atoms with Gasteiger partial charge in [-0.1, -0.05) is 6.92 Å². The van der Waals surface area contributed by atoms with Gasteiger partial charge in [0.25, 0.3) is 11.8 Å². The van der Waals surface area contributed by atoms with Crippen molar-refractivity contribution in [2.75, 3.05) is 26.2 Å². The summed E-state index contributed by atoms with van der Waals surface area (Å²) < 4.78 is 1.78. The van der Waals surface area contributed by atoms with E-state index in [0.29, 0.717) is 41.6 Å². The first-order valence-corrected chi connectivity index (χ1v) is 12.1. The summed E-state index contributed by atoms with van der Waals surface area (Å²) >= 11 is 0. The number of pyridine rings is 1. The van der Waals surface area contributed by atoms with Crippen molar-refractivity contribution in [2.24, 2.45) is 5.92 Å². The lowest BCUT2D eigenvalue weighted by Crippen LogP contribution is -2.38. The first kappa shape index (κ1) is 22.1. The van der Waals surface area contributed by atoms with Gasteiger partial charge >= 0.3 is 0 Å². The van der Waals surface area contributed by atoms with E-state index in [1.165, 1.54) is 5.56 Å². The second kappa shape index (κ2) is 9.30. The second-order valence-corrected chi connectivity index (χ2v) is 9.58. The van der Waals surface area contributed by atoms with E-state index in [1.807, 2.05) is 16.0 Å². The van der Waals surface area contributed by atoms with E-state index in [4.69, 9.17) is 5.26 Å². The third kappa shape index (κ3) is 4.28. The van der Waals surface area contributed by atoms with Crippen LogP contribution in [-0.2, 0) is 0 Å². The molecule has 5 rings (SSSR count). The van der Waals surface area contributed by atoms with Crippen LogP contribution in [0, 0.1) is 17.2 Å². The number of carbonyl (C=O) groups is 2. The number of nitriles is 1. The van der Waals surface area contributed by atoms with Crippen molar-refractivity contribution < 1.29 is 9.59 Å². The van der Waals surface area contributed by atoms with Crippen LogP contribution in [0.4, 0.5) is 0 Å². The molecule has 4 heterocycles. The van der Waals surface area contributed by atoms with Crippen LogP contribution < -0.4 is 0 Å². The number of aromatic nitrogens is 2. The van der Waals surface area contributed by atoms with Crippen LogP contribution in [0.25, 0.3) is 5.52 Å². The van der Waals surface area contributed by atoms with Crippen molar-refractivity contribution in [2.45, 2.75) is 38.5 Å². The molecule has 0 atom stereocenters. The third-order valence-electron chi connectivity index (χ3n) is 7.36. The Morgan fingerprint density at radius 2 is 1.59 bits per heavy atom. The minimum absolute atomic E-state index is 0.0120. The summed E-state index contributed by atoms with van der Waals surface area (Å²) in [5, 5.41) is 13.4. The maximum absolute atomic E-state index is 13.2. The largest absolute Gasteiger partial charge is 0.339 e. The van der Waals surface area contributed by atoms with Gasteiger partial charge in [-0.05, 0) is 79.5 Å². The molecule has 2 aliphatic heterocycles. The fourth-order valence-corrected chi connectivity index (χ4v) is 5.08. The number of hydrogen-bond acceptors (Lipinski definition) is 4. The summed E-state index contributed by atoms with van der Waals surface area (Å²) in [5.74, 6) is 1.10. The predicted octanol–water partition coefficient (Wildman–Crippen LogP) is 4.10. The Labute approximate surface area is 199 Å². The van der Waals surface area contributed by atoms with Crippen molar-refractivity contribution >= 4 is 17.3 Å². The van der Waals surface area contributed by atoms with Gasteiger partial charge in [0.15, 0.2) is 0 Å². The average molecular weight is 456 g/mol. The normalized spacial score (nSPS) is 17.6. The Balaban J connectivity index is 1.28. The van der Waals surface area contributed by atoms with Gasteiger partial charge in [-0.2, -0.15) is 10.4 Å². The number of carbonyl (C=O) groups excluding carboxylic acids is 2. The Bertz CT molecular complexity index is 1240. The SMILES string of the molecule is CC1CCN(C(=O)c2cnn3ccc(C4CCN(C(=O)c5ccc(C#N)cc5)CC4)cc23)CC1. The van der Waals surface area contributed by atoms with E-state index in [2.05, 4.69) is 30.2 Å². The highest BCUT2D eigenvalue weighted by molar-refractivity contribution is 6.00. The van der Waals surface area contributed by atoms with Gasteiger partial charge in [0.05, 0.1) is 28.9 Å². The topological polar surface area (TPSA) is 81.7 Å². The highest BCUT2D eigenvalue weighted by Gasteiger charge is 2.27. The molecule has 174 valence electrons. The lowest BCUT2D eigenvalue weighted by molar-refractivity contribution is 0.0695. The van der Waals surface area contributed by atoms with Crippen LogP contribution in [0.1, 0.15) is 70.4 Å². The van der Waals surface area contributed by atoms with Gasteiger partial charge in [-0.15, -0.1) is 0 Å². The summed E-state index contributed by atoms with van der Waals surface area (Å²) in [6.45, 7) is 5.23. The highest BCUT2D eigenvalue weighted by atomic mass is 16.2. The molecule has 0 bridgehead atoms. The maximum Gasteiger partial charge on any atom is 0.257 e. The predicted molar refractivity (Wildman–Crippen MR) is 129 cm³/mol. The number of hydrogen-bond donors (Lipinski definition) is 0. The molecule has 0 N–H and O–H groups in total. The molecule has 2 saturated heterocycles. The number of amides is 2. The molecule has 2 amide bonds. The Morgan fingerprint density at radius 3 is 2.26 bits per heavy atom. The molecule has 1 aromatic carbocycles. The van der Waals surface area contributed by atoms with Crippen molar-refractivity contribution in [1.82, 2.24) is 19.4 Å². The van der Waals surface area contributed by atoms with Crippen LogP contribution in [0.3, 0.4) is 0 Å². The quantitative estimate of drug-likeness (QED) is 0.595. The van der Waals surface area contributed by atoms with E-state index in [0.717, 1.165) is 44.3 Å². The minimum atomic E-state index is 0.0120. The van der Waals surface area contributed by atoms with E-state index in [1.54, 1.807) is 35.0 Å². The molecule has 7 heteroatoms. The molecule has 2 aliphatic rings. The number of likely N-dealkylation sites (tertiary alicyclic amines) is 2. The van der Waals surface area contributed by atoms with E-state index < -0.39 is 0 Å². The molecule has 0 aliphatic carbocycles.